The van der Waals surface area contributed by atoms with E-state index in [9.17, 15) is 4.21 Å². The van der Waals surface area contributed by atoms with Gasteiger partial charge in [-0.25, -0.2) is 0 Å². The van der Waals surface area contributed by atoms with Crippen LogP contribution in [0.5, 0.6) is 0 Å². The second-order valence-electron chi connectivity index (χ2n) is 5.57. The molecule has 20 heavy (non-hydrogen) atoms. The molecular formula is C16H26N2OS. The Morgan fingerprint density at radius 3 is 2.50 bits per heavy atom. The molecule has 1 fully saturated rings. The second-order valence-corrected chi connectivity index (χ2v) is 7.27. The highest BCUT2D eigenvalue weighted by Gasteiger charge is 2.23. The maximum Gasteiger partial charge on any atom is 0.0363 e. The van der Waals surface area contributed by atoms with Gasteiger partial charge in [-0.1, -0.05) is 44.2 Å². The number of hydrogen-bond acceptors (Lipinski definition) is 3. The van der Waals surface area contributed by atoms with Crippen LogP contribution in [0.3, 0.4) is 0 Å². The minimum Gasteiger partial charge on any atom is -0.310 e. The zero-order chi connectivity index (χ0) is 14.4. The van der Waals surface area contributed by atoms with Crippen molar-refractivity contribution in [3.8, 4) is 0 Å². The van der Waals surface area contributed by atoms with Gasteiger partial charge in [0.2, 0.25) is 0 Å². The summed E-state index contributed by atoms with van der Waals surface area (Å²) in [5.74, 6) is 2.22. The van der Waals surface area contributed by atoms with Gasteiger partial charge in [0, 0.05) is 48.0 Å². The van der Waals surface area contributed by atoms with E-state index in [1.807, 2.05) is 0 Å². The maximum absolute atomic E-state index is 11.4. The quantitative estimate of drug-likeness (QED) is 0.871. The van der Waals surface area contributed by atoms with Gasteiger partial charge in [-0.3, -0.25) is 4.21 Å². The third-order valence-corrected chi connectivity index (χ3v) is 5.24. The van der Waals surface area contributed by atoms with Crippen LogP contribution in [0.15, 0.2) is 30.3 Å². The second kappa shape index (κ2) is 7.91. The van der Waals surface area contributed by atoms with E-state index >= 15 is 0 Å². The first-order valence-electron chi connectivity index (χ1n) is 7.56. The van der Waals surface area contributed by atoms with Crippen molar-refractivity contribution in [3.63, 3.8) is 0 Å². The third-order valence-electron chi connectivity index (χ3n) is 3.97. The zero-order valence-corrected chi connectivity index (χ0v) is 13.4. The fourth-order valence-electron chi connectivity index (χ4n) is 2.90. The highest BCUT2D eigenvalue weighted by atomic mass is 32.2. The molecule has 1 aliphatic heterocycles. The maximum atomic E-state index is 11.4. The Kier molecular flexibility index (Phi) is 6.20. The van der Waals surface area contributed by atoms with Crippen LogP contribution in [0.4, 0.5) is 0 Å². The molecule has 0 bridgehead atoms. The summed E-state index contributed by atoms with van der Waals surface area (Å²) < 4.78 is 11.4. The Labute approximate surface area is 125 Å². The minimum atomic E-state index is -0.583. The Morgan fingerprint density at radius 2 is 1.90 bits per heavy atom. The lowest BCUT2D eigenvalue weighted by molar-refractivity contribution is 0.226. The average molecular weight is 294 g/mol. The summed E-state index contributed by atoms with van der Waals surface area (Å²) in [7, 11) is -0.583. The Bertz CT molecular complexity index is 414. The van der Waals surface area contributed by atoms with Crippen molar-refractivity contribution in [2.75, 3.05) is 37.7 Å². The lowest BCUT2D eigenvalue weighted by Gasteiger charge is -2.33. The molecule has 1 aliphatic rings. The summed E-state index contributed by atoms with van der Waals surface area (Å²) in [5.41, 5.74) is 1.36. The predicted octanol–water partition coefficient (Wildman–Crippen LogP) is 2.04. The van der Waals surface area contributed by atoms with Crippen LogP contribution >= 0.6 is 0 Å². The van der Waals surface area contributed by atoms with Crippen LogP contribution < -0.4 is 5.32 Å². The van der Waals surface area contributed by atoms with E-state index in [0.717, 1.165) is 37.7 Å². The number of rotatable bonds is 6. The molecule has 4 heteroatoms. The molecule has 0 aromatic heterocycles. The molecule has 0 radical (unpaired) electrons. The molecule has 1 N–H and O–H groups in total. The first kappa shape index (κ1) is 15.7. The van der Waals surface area contributed by atoms with E-state index in [-0.39, 0.29) is 0 Å². The highest BCUT2D eigenvalue weighted by molar-refractivity contribution is 7.85. The molecule has 0 saturated carbocycles. The van der Waals surface area contributed by atoms with E-state index in [1.165, 1.54) is 5.56 Å². The number of hydrogen-bond donors (Lipinski definition) is 1. The zero-order valence-electron chi connectivity index (χ0n) is 12.5. The van der Waals surface area contributed by atoms with Crippen LogP contribution in [-0.4, -0.2) is 46.8 Å². The van der Waals surface area contributed by atoms with Crippen molar-refractivity contribution < 1.29 is 4.21 Å². The van der Waals surface area contributed by atoms with Crippen molar-refractivity contribution in [2.24, 2.45) is 5.92 Å². The van der Waals surface area contributed by atoms with Gasteiger partial charge in [0.15, 0.2) is 0 Å². The Morgan fingerprint density at radius 1 is 1.25 bits per heavy atom. The summed E-state index contributed by atoms with van der Waals surface area (Å²) in [4.78, 5) is 2.46. The van der Waals surface area contributed by atoms with E-state index in [0.29, 0.717) is 12.0 Å². The molecule has 2 atom stereocenters. The van der Waals surface area contributed by atoms with Crippen molar-refractivity contribution >= 4 is 10.8 Å². The molecular weight excluding hydrogens is 268 g/mol. The summed E-state index contributed by atoms with van der Waals surface area (Å²) in [6.07, 6.45) is 0. The molecule has 2 rings (SSSR count). The van der Waals surface area contributed by atoms with Crippen molar-refractivity contribution in [1.82, 2.24) is 10.2 Å². The fourth-order valence-corrected chi connectivity index (χ4v) is 4.03. The smallest absolute Gasteiger partial charge is 0.0363 e. The van der Waals surface area contributed by atoms with Gasteiger partial charge in [0.25, 0.3) is 0 Å². The molecule has 1 aromatic rings. The number of nitrogens with one attached hydrogen (secondary N) is 1. The first-order valence-corrected chi connectivity index (χ1v) is 9.05. The molecule has 3 nitrogen and oxygen atoms in total. The molecule has 0 amide bonds. The molecule has 112 valence electrons. The van der Waals surface area contributed by atoms with Crippen molar-refractivity contribution in [3.05, 3.63) is 35.9 Å². The van der Waals surface area contributed by atoms with E-state index in [4.69, 9.17) is 0 Å². The van der Waals surface area contributed by atoms with E-state index in [1.54, 1.807) is 0 Å². The minimum absolute atomic E-state index is 0.397. The predicted molar refractivity (Wildman–Crippen MR) is 86.3 cm³/mol. The largest absolute Gasteiger partial charge is 0.310 e. The van der Waals surface area contributed by atoms with Crippen LogP contribution in [0.25, 0.3) is 0 Å². The lowest BCUT2D eigenvalue weighted by atomic mass is 9.94. The van der Waals surface area contributed by atoms with Gasteiger partial charge in [0.1, 0.15) is 0 Å². The van der Waals surface area contributed by atoms with Gasteiger partial charge in [-0.05, 0) is 18.0 Å². The fraction of sp³-hybridized carbons (Fsp3) is 0.625. The van der Waals surface area contributed by atoms with Crippen molar-refractivity contribution in [2.45, 2.75) is 19.9 Å². The van der Waals surface area contributed by atoms with Gasteiger partial charge < -0.3 is 10.2 Å². The Balaban J connectivity index is 1.96. The standard InChI is InChI=1S/C16H26N2OS/c1-3-17-16(15-7-5-4-6-8-15)14(2)13-18-9-11-20(19)12-10-18/h4-8,14,16-17H,3,9-13H2,1-2H3. The molecule has 2 unspecified atom stereocenters. The van der Waals surface area contributed by atoms with Gasteiger partial charge in [0.05, 0.1) is 0 Å². The lowest BCUT2D eigenvalue weighted by Crippen LogP contribution is -2.42. The number of benzene rings is 1. The van der Waals surface area contributed by atoms with Gasteiger partial charge in [-0.15, -0.1) is 0 Å². The number of nitrogens with zero attached hydrogens (tertiary/aromatic N) is 1. The normalized spacial score (nSPS) is 20.7. The topological polar surface area (TPSA) is 32.3 Å². The summed E-state index contributed by atoms with van der Waals surface area (Å²) in [6.45, 7) is 8.48. The van der Waals surface area contributed by atoms with E-state index < -0.39 is 10.8 Å². The average Bonchev–Trinajstić information content (AvgIpc) is 2.48. The summed E-state index contributed by atoms with van der Waals surface area (Å²) >= 11 is 0. The van der Waals surface area contributed by atoms with Crippen LogP contribution in [0.1, 0.15) is 25.5 Å². The van der Waals surface area contributed by atoms with Gasteiger partial charge >= 0.3 is 0 Å². The van der Waals surface area contributed by atoms with Crippen LogP contribution in [0.2, 0.25) is 0 Å². The molecule has 0 spiro atoms. The first-order chi connectivity index (χ1) is 9.70. The van der Waals surface area contributed by atoms with Crippen LogP contribution in [0, 0.1) is 5.92 Å². The summed E-state index contributed by atoms with van der Waals surface area (Å²) in [5, 5.41) is 3.61. The third kappa shape index (κ3) is 4.40. The van der Waals surface area contributed by atoms with Crippen LogP contribution in [-0.2, 0) is 10.8 Å². The van der Waals surface area contributed by atoms with E-state index in [2.05, 4.69) is 54.4 Å². The highest BCUT2D eigenvalue weighted by Crippen LogP contribution is 2.23. The summed E-state index contributed by atoms with van der Waals surface area (Å²) in [6, 6.07) is 11.1. The SMILES string of the molecule is CCNC(c1ccccc1)C(C)CN1CCS(=O)CC1. The monoisotopic (exact) mass is 294 g/mol. The molecule has 1 saturated heterocycles. The molecule has 1 heterocycles. The van der Waals surface area contributed by atoms with Gasteiger partial charge in [-0.2, -0.15) is 0 Å². The molecule has 0 aliphatic carbocycles. The van der Waals surface area contributed by atoms with Crippen molar-refractivity contribution in [1.29, 1.82) is 0 Å². The Hall–Kier alpha value is -0.710. The molecule has 1 aromatic carbocycles.